The molecule has 1 atom stereocenters. The Morgan fingerprint density at radius 3 is 2.18 bits per heavy atom. The van der Waals surface area contributed by atoms with Gasteiger partial charge in [0.05, 0.1) is 35.6 Å². The Balaban J connectivity index is 0.000000231. The molecule has 5 heterocycles. The second-order valence-corrected chi connectivity index (χ2v) is 21.3. The van der Waals surface area contributed by atoms with E-state index in [0.29, 0.717) is 41.3 Å². The number of amides is 2. The molecule has 14 nitrogen and oxygen atoms in total. The minimum Gasteiger partial charge on any atom is -0.389 e. The maximum Gasteiger partial charge on any atom is 0.419 e. The maximum absolute atomic E-state index is 14.8. The van der Waals surface area contributed by atoms with Gasteiger partial charge in [-0.15, -0.1) is 0 Å². The lowest BCUT2D eigenvalue weighted by Crippen LogP contribution is -2.49. The summed E-state index contributed by atoms with van der Waals surface area (Å²) in [5, 5.41) is 19.4. The van der Waals surface area contributed by atoms with Crippen LogP contribution in [0.2, 0.25) is 0 Å². The average molecular weight is 1040 g/mol. The topological polar surface area (TPSA) is 161 Å². The second-order valence-electron chi connectivity index (χ2n) is 20.4. The molecule has 4 N–H and O–H groups in total. The Kier molecular flexibility index (Phi) is 20.7. The summed E-state index contributed by atoms with van der Waals surface area (Å²) in [6.45, 7) is 13.2. The van der Waals surface area contributed by atoms with Gasteiger partial charge in [-0.3, -0.25) is 19.0 Å². The number of alkyl halides is 3. The van der Waals surface area contributed by atoms with Crippen LogP contribution in [0.5, 0.6) is 0 Å². The first-order valence-electron chi connectivity index (χ1n) is 26.1. The fourth-order valence-electron chi connectivity index (χ4n) is 10.2. The van der Waals surface area contributed by atoms with Crippen LogP contribution in [0, 0.1) is 17.2 Å². The van der Waals surface area contributed by atoms with Crippen LogP contribution in [0.4, 0.5) is 34.9 Å². The lowest BCUT2D eigenvalue weighted by Gasteiger charge is -2.48. The van der Waals surface area contributed by atoms with Gasteiger partial charge in [-0.25, -0.2) is 14.4 Å². The fraction of sp³-hybridized carbons (Fsp3) is 0.593. The van der Waals surface area contributed by atoms with Crippen molar-refractivity contribution < 1.29 is 37.1 Å². The highest BCUT2D eigenvalue weighted by molar-refractivity contribution is 7.97. The van der Waals surface area contributed by atoms with Gasteiger partial charge in [0, 0.05) is 80.1 Å². The van der Waals surface area contributed by atoms with Gasteiger partial charge in [-0.1, -0.05) is 45.2 Å². The van der Waals surface area contributed by atoms with E-state index in [1.165, 1.54) is 78.9 Å². The van der Waals surface area contributed by atoms with E-state index in [4.69, 9.17) is 0 Å². The first-order chi connectivity index (χ1) is 34.9. The summed E-state index contributed by atoms with van der Waals surface area (Å²) in [4.78, 5) is 51.4. The minimum absolute atomic E-state index is 0.0343. The van der Waals surface area contributed by atoms with E-state index in [-0.39, 0.29) is 41.5 Å². The molecule has 2 amide bonds. The SMILES string of the molecule is CC.CN1CCC(NSc2ccc(Nc3ncc(C(F)(F)F)c(-c4cnn(CC(C)(C)O)c4)n3)c(F)c2)CC1.CNC(=O)C(CCC=O)c1ccc(N2CCC3(CCN(C(=O)C4CCCCC4)CC3)CC2)cc1. The van der Waals surface area contributed by atoms with Crippen molar-refractivity contribution in [3.63, 3.8) is 0 Å². The molecule has 1 saturated carbocycles. The number of carbonyl (C=O) groups is 3. The Labute approximate surface area is 433 Å². The van der Waals surface area contributed by atoms with Gasteiger partial charge in [-0.2, -0.15) is 18.3 Å². The fourth-order valence-corrected chi connectivity index (χ4v) is 11.1. The number of halogens is 4. The summed E-state index contributed by atoms with van der Waals surface area (Å²) in [7, 11) is 3.73. The van der Waals surface area contributed by atoms with Gasteiger partial charge in [0.15, 0.2) is 0 Å². The molecule has 0 bridgehead atoms. The van der Waals surface area contributed by atoms with Crippen molar-refractivity contribution in [2.75, 3.05) is 63.6 Å². The molecular weight excluding hydrogens is 961 g/mol. The summed E-state index contributed by atoms with van der Waals surface area (Å²) < 4.78 is 60.5. The van der Waals surface area contributed by atoms with Gasteiger partial charge in [0.2, 0.25) is 17.8 Å². The molecule has 1 spiro atoms. The van der Waals surface area contributed by atoms with Crippen molar-refractivity contribution in [1.29, 1.82) is 0 Å². The number of aromatic nitrogens is 4. The minimum atomic E-state index is -4.71. The number of hydrogen-bond acceptors (Lipinski definition) is 12. The molecule has 4 aromatic rings. The molecule has 19 heteroatoms. The molecule has 4 fully saturated rings. The zero-order valence-electron chi connectivity index (χ0n) is 43.4. The quantitative estimate of drug-likeness (QED) is 0.0508. The van der Waals surface area contributed by atoms with E-state index in [0.717, 1.165) is 89.6 Å². The highest BCUT2D eigenvalue weighted by Crippen LogP contribution is 2.43. The van der Waals surface area contributed by atoms with E-state index in [1.54, 1.807) is 27.0 Å². The number of likely N-dealkylation sites (tertiary alicyclic amines) is 2. The van der Waals surface area contributed by atoms with Crippen LogP contribution >= 0.6 is 11.9 Å². The molecule has 2 aromatic carbocycles. The molecule has 4 aliphatic rings. The molecule has 73 heavy (non-hydrogen) atoms. The third kappa shape index (κ3) is 16.2. The third-order valence-electron chi connectivity index (χ3n) is 14.5. The summed E-state index contributed by atoms with van der Waals surface area (Å²) >= 11 is 1.35. The van der Waals surface area contributed by atoms with Gasteiger partial charge in [-0.05, 0) is 145 Å². The summed E-state index contributed by atoms with van der Waals surface area (Å²) in [5.74, 6) is -0.386. The molecule has 0 radical (unpaired) electrons. The van der Waals surface area contributed by atoms with Gasteiger partial charge < -0.3 is 35.2 Å². The zero-order chi connectivity index (χ0) is 52.8. The Bertz CT molecular complexity index is 2380. The first kappa shape index (κ1) is 57.2. The highest BCUT2D eigenvalue weighted by Gasteiger charge is 2.40. The van der Waals surface area contributed by atoms with Crippen molar-refractivity contribution in [3.8, 4) is 11.3 Å². The first-order valence-corrected chi connectivity index (χ1v) is 26.9. The number of nitrogens with one attached hydrogen (secondary N) is 3. The van der Waals surface area contributed by atoms with Crippen molar-refractivity contribution in [1.82, 2.24) is 39.6 Å². The van der Waals surface area contributed by atoms with E-state index in [9.17, 15) is 37.1 Å². The number of anilines is 3. The third-order valence-corrected chi connectivity index (χ3v) is 15.5. The molecule has 3 aliphatic heterocycles. The van der Waals surface area contributed by atoms with Crippen LogP contribution in [-0.4, -0.2) is 118 Å². The number of benzene rings is 2. The Hall–Kier alpha value is -5.11. The molecule has 8 rings (SSSR count). The average Bonchev–Trinajstić information content (AvgIpc) is 3.85. The van der Waals surface area contributed by atoms with Gasteiger partial charge in [0.1, 0.15) is 17.7 Å². The predicted molar refractivity (Wildman–Crippen MR) is 280 cm³/mol. The van der Waals surface area contributed by atoms with Crippen LogP contribution in [0.25, 0.3) is 11.3 Å². The predicted octanol–water partition coefficient (Wildman–Crippen LogP) is 10.0. The summed E-state index contributed by atoms with van der Waals surface area (Å²) in [5.41, 5.74) is 0.122. The lowest BCUT2D eigenvalue weighted by atomic mass is 9.71. The Morgan fingerprint density at radius 1 is 0.918 bits per heavy atom. The van der Waals surface area contributed by atoms with E-state index >= 15 is 0 Å². The normalized spacial score (nSPS) is 18.2. The molecule has 3 saturated heterocycles. The Morgan fingerprint density at radius 2 is 1.58 bits per heavy atom. The molecule has 2 aromatic heterocycles. The lowest BCUT2D eigenvalue weighted by molar-refractivity contribution is -0.139. The summed E-state index contributed by atoms with van der Waals surface area (Å²) in [6.07, 6.45) is 12.9. The van der Waals surface area contributed by atoms with Crippen LogP contribution in [0.15, 0.2) is 66.0 Å². The van der Waals surface area contributed by atoms with Crippen LogP contribution in [0.3, 0.4) is 0 Å². The number of nitrogens with zero attached hydrogens (tertiary/aromatic N) is 7. The monoisotopic (exact) mass is 1040 g/mol. The molecular formula is C54H76F4N10O4S. The van der Waals surface area contributed by atoms with Gasteiger partial charge >= 0.3 is 6.18 Å². The van der Waals surface area contributed by atoms with E-state index < -0.39 is 28.9 Å². The number of rotatable bonds is 15. The molecule has 1 unspecified atom stereocenters. The summed E-state index contributed by atoms with van der Waals surface area (Å²) in [6, 6.07) is 13.2. The van der Waals surface area contributed by atoms with Crippen LogP contribution in [-0.2, 0) is 27.1 Å². The van der Waals surface area contributed by atoms with Gasteiger partial charge in [0.25, 0.3) is 0 Å². The van der Waals surface area contributed by atoms with Crippen LogP contribution in [0.1, 0.15) is 128 Å². The molecule has 1 aliphatic carbocycles. The maximum atomic E-state index is 14.8. The standard InChI is InChI=1S/C28H41N3O3.C24H29F4N7OS.C2H6/c1-29-26(33)25(8-5-21-32)22-9-11-24(12-10-22)30-17-13-28(14-18-30)15-19-31(20-16-28)27(34)23-6-3-2-4-7-23;1-23(2,36)14-35-13-15(11-30-35)21-18(24(26,27)28)12-29-22(32-21)31-20-5-4-17(10-19(20)25)37-33-16-6-8-34(3)9-7-16;1-2/h9-12,21,23,25H,2-8,13-20H2,1H3,(H,29,33);4-5,10-13,16,33,36H,6-9,14H2,1-3H3,(H,29,31,32);1-2H3. The zero-order valence-corrected chi connectivity index (χ0v) is 44.3. The van der Waals surface area contributed by atoms with Crippen LogP contribution < -0.4 is 20.3 Å². The highest BCUT2D eigenvalue weighted by atomic mass is 32.2. The van der Waals surface area contributed by atoms with Crippen molar-refractivity contribution >= 4 is 47.4 Å². The molecule has 400 valence electrons. The van der Waals surface area contributed by atoms with Crippen molar-refractivity contribution in [2.24, 2.45) is 11.3 Å². The second kappa shape index (κ2) is 26.4. The number of aliphatic hydroxyl groups is 1. The number of aldehydes is 1. The largest absolute Gasteiger partial charge is 0.419 e. The van der Waals surface area contributed by atoms with Crippen molar-refractivity contribution in [2.45, 2.75) is 146 Å². The van der Waals surface area contributed by atoms with Crippen molar-refractivity contribution in [3.05, 3.63) is 78.0 Å². The number of piperidine rings is 3. The number of likely N-dealkylation sites (N-methyl/N-ethyl adjacent to an activating group) is 1. The number of carbonyl (C=O) groups excluding carboxylic acids is 3. The van der Waals surface area contributed by atoms with E-state index in [2.05, 4.69) is 64.3 Å². The van der Waals surface area contributed by atoms with E-state index in [1.807, 2.05) is 26.0 Å². The smallest absolute Gasteiger partial charge is 0.389 e. The number of hydrogen-bond donors (Lipinski definition) is 4.